The molecule has 1 atom stereocenters. The van der Waals surface area contributed by atoms with Gasteiger partial charge in [-0.2, -0.15) is 0 Å². The Kier molecular flexibility index (Phi) is 4.98. The topological polar surface area (TPSA) is 69.4 Å². The van der Waals surface area contributed by atoms with Gasteiger partial charge in [0.2, 0.25) is 0 Å². The van der Waals surface area contributed by atoms with Crippen LogP contribution in [0.15, 0.2) is 59.5 Å². The zero-order valence-corrected chi connectivity index (χ0v) is 12.7. The van der Waals surface area contributed by atoms with Crippen molar-refractivity contribution in [2.24, 2.45) is 5.73 Å². The molecule has 0 bridgehead atoms. The lowest BCUT2D eigenvalue weighted by molar-refractivity contribution is 0.413. The molecule has 0 saturated heterocycles. The van der Waals surface area contributed by atoms with Crippen molar-refractivity contribution in [3.8, 4) is 5.75 Å². The zero-order chi connectivity index (χ0) is 15.3. The molecular formula is C16H19NO3S. The molecule has 0 saturated carbocycles. The second-order valence-electron chi connectivity index (χ2n) is 4.80. The summed E-state index contributed by atoms with van der Waals surface area (Å²) in [5.41, 5.74) is 6.69. The first-order chi connectivity index (χ1) is 10.1. The van der Waals surface area contributed by atoms with Crippen molar-refractivity contribution < 1.29 is 13.2 Å². The van der Waals surface area contributed by atoms with E-state index in [1.165, 1.54) is 13.2 Å². The molecule has 112 valence electrons. The van der Waals surface area contributed by atoms with Crippen LogP contribution in [-0.2, 0) is 9.84 Å². The molecule has 0 radical (unpaired) electrons. The standard InChI is InChI=1S/C16H19NO3S/c1-20-15-8-5-9-16(10-15)21(18,19)12-14(11-17)13-6-3-2-4-7-13/h2-10,14H,11-12,17H2,1H3. The molecular weight excluding hydrogens is 286 g/mol. The van der Waals surface area contributed by atoms with Crippen LogP contribution in [0.2, 0.25) is 0 Å². The fraction of sp³-hybridized carbons (Fsp3) is 0.250. The first kappa shape index (κ1) is 15.5. The van der Waals surface area contributed by atoms with Crippen LogP contribution >= 0.6 is 0 Å². The Morgan fingerprint density at radius 1 is 1.10 bits per heavy atom. The molecule has 1 unspecified atom stereocenters. The largest absolute Gasteiger partial charge is 0.497 e. The summed E-state index contributed by atoms with van der Waals surface area (Å²) < 4.78 is 30.1. The third kappa shape index (κ3) is 3.83. The number of benzene rings is 2. The van der Waals surface area contributed by atoms with Gasteiger partial charge in [-0.1, -0.05) is 36.4 Å². The minimum Gasteiger partial charge on any atom is -0.497 e. The molecule has 2 N–H and O–H groups in total. The van der Waals surface area contributed by atoms with E-state index in [4.69, 9.17) is 10.5 Å². The lowest BCUT2D eigenvalue weighted by Crippen LogP contribution is -2.22. The van der Waals surface area contributed by atoms with Crippen molar-refractivity contribution in [1.82, 2.24) is 0 Å². The average molecular weight is 305 g/mol. The van der Waals surface area contributed by atoms with Crippen LogP contribution in [0, 0.1) is 0 Å². The van der Waals surface area contributed by atoms with Gasteiger partial charge in [0.15, 0.2) is 9.84 Å². The monoisotopic (exact) mass is 305 g/mol. The molecule has 0 aliphatic heterocycles. The van der Waals surface area contributed by atoms with E-state index in [0.29, 0.717) is 5.75 Å². The fourth-order valence-electron chi connectivity index (χ4n) is 2.18. The first-order valence-corrected chi connectivity index (χ1v) is 8.34. The number of ether oxygens (including phenoxy) is 1. The number of nitrogens with two attached hydrogens (primary N) is 1. The van der Waals surface area contributed by atoms with Crippen molar-refractivity contribution in [1.29, 1.82) is 0 Å². The predicted molar refractivity (Wildman–Crippen MR) is 83.3 cm³/mol. The first-order valence-electron chi connectivity index (χ1n) is 6.68. The van der Waals surface area contributed by atoms with Crippen LogP contribution in [0.25, 0.3) is 0 Å². The van der Waals surface area contributed by atoms with Gasteiger partial charge >= 0.3 is 0 Å². The van der Waals surface area contributed by atoms with E-state index in [-0.39, 0.29) is 23.1 Å². The Bertz CT molecular complexity index is 684. The van der Waals surface area contributed by atoms with Crippen LogP contribution < -0.4 is 10.5 Å². The van der Waals surface area contributed by atoms with Gasteiger partial charge in [0.1, 0.15) is 5.75 Å². The van der Waals surface area contributed by atoms with Gasteiger partial charge in [-0.05, 0) is 23.8 Å². The second-order valence-corrected chi connectivity index (χ2v) is 6.84. The summed E-state index contributed by atoms with van der Waals surface area (Å²) in [4.78, 5) is 0.260. The molecule has 2 aromatic rings. The van der Waals surface area contributed by atoms with E-state index in [2.05, 4.69) is 0 Å². The van der Waals surface area contributed by atoms with Gasteiger partial charge in [-0.15, -0.1) is 0 Å². The van der Waals surface area contributed by atoms with Crippen LogP contribution in [0.3, 0.4) is 0 Å². The molecule has 0 aliphatic carbocycles. The highest BCUT2D eigenvalue weighted by molar-refractivity contribution is 7.91. The Labute approximate surface area is 125 Å². The number of sulfone groups is 1. The molecule has 0 spiro atoms. The summed E-state index contributed by atoms with van der Waals surface area (Å²) >= 11 is 0. The summed E-state index contributed by atoms with van der Waals surface area (Å²) in [6, 6.07) is 16.0. The molecule has 2 rings (SSSR count). The van der Waals surface area contributed by atoms with Gasteiger partial charge in [0.05, 0.1) is 17.8 Å². The van der Waals surface area contributed by atoms with Crippen LogP contribution in [0.1, 0.15) is 11.5 Å². The number of hydrogen-bond acceptors (Lipinski definition) is 4. The van der Waals surface area contributed by atoms with Crippen molar-refractivity contribution >= 4 is 9.84 Å². The molecule has 2 aromatic carbocycles. The maximum Gasteiger partial charge on any atom is 0.179 e. The Hall–Kier alpha value is -1.85. The third-order valence-corrected chi connectivity index (χ3v) is 5.19. The normalized spacial score (nSPS) is 12.9. The summed E-state index contributed by atoms with van der Waals surface area (Å²) in [6.07, 6.45) is 0. The second kappa shape index (κ2) is 6.74. The highest BCUT2D eigenvalue weighted by atomic mass is 32.2. The smallest absolute Gasteiger partial charge is 0.179 e. The van der Waals surface area contributed by atoms with E-state index in [9.17, 15) is 8.42 Å². The maximum absolute atomic E-state index is 12.5. The van der Waals surface area contributed by atoms with Gasteiger partial charge in [-0.3, -0.25) is 0 Å². The van der Waals surface area contributed by atoms with E-state index in [1.807, 2.05) is 30.3 Å². The van der Waals surface area contributed by atoms with E-state index < -0.39 is 9.84 Å². The van der Waals surface area contributed by atoms with Crippen molar-refractivity contribution in [3.63, 3.8) is 0 Å². The van der Waals surface area contributed by atoms with Crippen LogP contribution in [0.5, 0.6) is 5.75 Å². The summed E-state index contributed by atoms with van der Waals surface area (Å²) in [5, 5.41) is 0. The van der Waals surface area contributed by atoms with Crippen LogP contribution in [-0.4, -0.2) is 27.8 Å². The quantitative estimate of drug-likeness (QED) is 0.888. The molecule has 0 amide bonds. The molecule has 4 nitrogen and oxygen atoms in total. The summed E-state index contributed by atoms with van der Waals surface area (Å²) in [7, 11) is -1.90. The Balaban J connectivity index is 2.27. The summed E-state index contributed by atoms with van der Waals surface area (Å²) in [5.74, 6) is 0.295. The number of hydrogen-bond donors (Lipinski definition) is 1. The van der Waals surface area contributed by atoms with Gasteiger partial charge in [-0.25, -0.2) is 8.42 Å². The van der Waals surface area contributed by atoms with Crippen molar-refractivity contribution in [2.45, 2.75) is 10.8 Å². The lowest BCUT2D eigenvalue weighted by Gasteiger charge is -2.15. The molecule has 0 heterocycles. The van der Waals surface area contributed by atoms with Crippen molar-refractivity contribution in [2.75, 3.05) is 19.4 Å². The molecule has 0 aromatic heterocycles. The third-order valence-electron chi connectivity index (χ3n) is 3.38. The molecule has 0 fully saturated rings. The van der Waals surface area contributed by atoms with Gasteiger partial charge in [0.25, 0.3) is 0 Å². The highest BCUT2D eigenvalue weighted by Crippen LogP contribution is 2.23. The minimum absolute atomic E-state index is 0.0132. The Morgan fingerprint density at radius 2 is 1.81 bits per heavy atom. The number of rotatable bonds is 6. The predicted octanol–water partition coefficient (Wildman–Crippen LogP) is 2.21. The van der Waals surface area contributed by atoms with Gasteiger partial charge < -0.3 is 10.5 Å². The van der Waals surface area contributed by atoms with Gasteiger partial charge in [0, 0.05) is 12.5 Å². The SMILES string of the molecule is COc1cccc(S(=O)(=O)CC(CN)c2ccccc2)c1. The molecule has 0 aliphatic rings. The van der Waals surface area contributed by atoms with Crippen molar-refractivity contribution in [3.05, 3.63) is 60.2 Å². The highest BCUT2D eigenvalue weighted by Gasteiger charge is 2.22. The minimum atomic E-state index is -3.41. The lowest BCUT2D eigenvalue weighted by atomic mass is 10.0. The number of methoxy groups -OCH3 is 1. The summed E-state index contributed by atoms with van der Waals surface area (Å²) in [6.45, 7) is 0.285. The molecule has 5 heteroatoms. The maximum atomic E-state index is 12.5. The van der Waals surface area contributed by atoms with Crippen LogP contribution in [0.4, 0.5) is 0 Å². The fourth-order valence-corrected chi connectivity index (χ4v) is 3.81. The average Bonchev–Trinajstić information content (AvgIpc) is 2.53. The van der Waals surface area contributed by atoms with E-state index >= 15 is 0 Å². The zero-order valence-electron chi connectivity index (χ0n) is 11.9. The van der Waals surface area contributed by atoms with E-state index in [0.717, 1.165) is 5.56 Å². The molecule has 21 heavy (non-hydrogen) atoms. The van der Waals surface area contributed by atoms with E-state index in [1.54, 1.807) is 18.2 Å². The Morgan fingerprint density at radius 3 is 2.43 bits per heavy atom.